The van der Waals surface area contributed by atoms with Crippen molar-refractivity contribution < 1.29 is 18.3 Å². The summed E-state index contributed by atoms with van der Waals surface area (Å²) < 4.78 is 26.8. The van der Waals surface area contributed by atoms with E-state index in [4.69, 9.17) is 5.11 Å². The number of nitrogens with zero attached hydrogens (tertiary/aromatic N) is 1. The van der Waals surface area contributed by atoms with Crippen LogP contribution >= 0.6 is 11.8 Å². The van der Waals surface area contributed by atoms with Crippen molar-refractivity contribution in [1.29, 1.82) is 0 Å². The molecule has 1 aromatic carbocycles. The molecule has 0 aromatic heterocycles. The molecular formula is C13H17NO4S2. The van der Waals surface area contributed by atoms with Crippen molar-refractivity contribution in [1.82, 2.24) is 4.31 Å². The molecule has 2 rings (SSSR count). The van der Waals surface area contributed by atoms with Crippen LogP contribution in [0.4, 0.5) is 0 Å². The molecular weight excluding hydrogens is 298 g/mol. The Morgan fingerprint density at radius 3 is 2.80 bits per heavy atom. The molecule has 0 saturated carbocycles. The van der Waals surface area contributed by atoms with E-state index in [-0.39, 0.29) is 11.3 Å². The van der Waals surface area contributed by atoms with Crippen molar-refractivity contribution in [2.45, 2.75) is 24.3 Å². The smallest absolute Gasteiger partial charge is 0.305 e. The zero-order valence-electron chi connectivity index (χ0n) is 11.2. The molecule has 5 nitrogen and oxygen atoms in total. The Bertz CT molecular complexity index is 600. The summed E-state index contributed by atoms with van der Waals surface area (Å²) in [4.78, 5) is 11.2. The van der Waals surface area contributed by atoms with Crippen molar-refractivity contribution in [3.8, 4) is 0 Å². The van der Waals surface area contributed by atoms with E-state index in [2.05, 4.69) is 0 Å². The van der Waals surface area contributed by atoms with Crippen molar-refractivity contribution in [3.05, 3.63) is 29.8 Å². The molecule has 0 bridgehead atoms. The van der Waals surface area contributed by atoms with E-state index in [0.717, 1.165) is 0 Å². The first-order valence-corrected chi connectivity index (χ1v) is 8.89. The highest BCUT2D eigenvalue weighted by molar-refractivity contribution is 7.99. The van der Waals surface area contributed by atoms with Gasteiger partial charge < -0.3 is 5.11 Å². The van der Waals surface area contributed by atoms with Gasteiger partial charge in [-0.2, -0.15) is 16.1 Å². The molecule has 1 N–H and O–H groups in total. The van der Waals surface area contributed by atoms with Gasteiger partial charge in [0.2, 0.25) is 10.0 Å². The van der Waals surface area contributed by atoms with E-state index >= 15 is 0 Å². The summed E-state index contributed by atoms with van der Waals surface area (Å²) in [5, 5.41) is 8.94. The third kappa shape index (κ3) is 3.16. The molecule has 0 amide bonds. The number of aliphatic carboxylic acids is 1. The predicted molar refractivity (Wildman–Crippen MR) is 78.4 cm³/mol. The molecule has 1 saturated heterocycles. The van der Waals surface area contributed by atoms with E-state index in [1.165, 1.54) is 4.31 Å². The molecule has 1 fully saturated rings. The van der Waals surface area contributed by atoms with Crippen molar-refractivity contribution in [3.63, 3.8) is 0 Å². The molecule has 0 spiro atoms. The predicted octanol–water partition coefficient (Wildman–Crippen LogP) is 1.58. The summed E-state index contributed by atoms with van der Waals surface area (Å²) >= 11 is 1.59. The molecule has 0 radical (unpaired) electrons. The summed E-state index contributed by atoms with van der Waals surface area (Å²) in [6.45, 7) is 2.11. The number of carbonyl (C=O) groups is 1. The second-order valence-electron chi connectivity index (χ2n) is 4.71. The molecule has 1 aliphatic heterocycles. The normalized spacial score (nSPS) is 20.8. The zero-order chi connectivity index (χ0) is 14.8. The SMILES string of the molecule is Cc1ccccc1S(=O)(=O)N1CCSCC1CC(=O)O. The van der Waals surface area contributed by atoms with Gasteiger partial charge in [-0.15, -0.1) is 0 Å². The number of hydrogen-bond acceptors (Lipinski definition) is 4. The van der Waals surface area contributed by atoms with Crippen molar-refractivity contribution in [2.75, 3.05) is 18.1 Å². The Kier molecular flexibility index (Phi) is 4.72. The molecule has 1 heterocycles. The Balaban J connectivity index is 2.36. The van der Waals surface area contributed by atoms with Gasteiger partial charge in [0.1, 0.15) is 0 Å². The largest absolute Gasteiger partial charge is 0.481 e. The van der Waals surface area contributed by atoms with Crippen LogP contribution in [0.1, 0.15) is 12.0 Å². The summed E-state index contributed by atoms with van der Waals surface area (Å²) in [5.41, 5.74) is 0.680. The van der Waals surface area contributed by atoms with Gasteiger partial charge in [-0.1, -0.05) is 18.2 Å². The summed E-state index contributed by atoms with van der Waals surface area (Å²) in [5.74, 6) is 0.251. The number of thioether (sulfide) groups is 1. The monoisotopic (exact) mass is 315 g/mol. The number of carboxylic acid groups (broad SMARTS) is 1. The molecule has 0 aliphatic carbocycles. The Labute approximate surface area is 123 Å². The summed E-state index contributed by atoms with van der Waals surface area (Å²) in [6, 6.07) is 6.32. The number of benzene rings is 1. The second-order valence-corrected chi connectivity index (χ2v) is 7.72. The number of carboxylic acids is 1. The molecule has 7 heteroatoms. The number of hydrogen-bond donors (Lipinski definition) is 1. The average Bonchev–Trinajstić information content (AvgIpc) is 2.38. The first-order chi connectivity index (χ1) is 9.43. The van der Waals surface area contributed by atoms with Gasteiger partial charge >= 0.3 is 5.97 Å². The maximum atomic E-state index is 12.7. The third-order valence-corrected chi connectivity index (χ3v) is 6.47. The number of sulfonamides is 1. The van der Waals surface area contributed by atoms with Gasteiger partial charge in [0.05, 0.1) is 11.3 Å². The van der Waals surface area contributed by atoms with E-state index in [1.807, 2.05) is 0 Å². The minimum Gasteiger partial charge on any atom is -0.481 e. The van der Waals surface area contributed by atoms with Crippen molar-refractivity contribution >= 4 is 27.8 Å². The topological polar surface area (TPSA) is 74.7 Å². The number of rotatable bonds is 4. The minimum atomic E-state index is -3.63. The van der Waals surface area contributed by atoms with Crippen LogP contribution in [0.15, 0.2) is 29.2 Å². The van der Waals surface area contributed by atoms with Gasteiger partial charge in [-0.05, 0) is 18.6 Å². The van der Waals surface area contributed by atoms with E-state index in [9.17, 15) is 13.2 Å². The lowest BCUT2D eigenvalue weighted by Crippen LogP contribution is -2.47. The van der Waals surface area contributed by atoms with Gasteiger partial charge in [0.15, 0.2) is 0 Å². The molecule has 1 aliphatic rings. The summed E-state index contributed by atoms with van der Waals surface area (Å²) in [6.07, 6.45) is -0.155. The lowest BCUT2D eigenvalue weighted by Gasteiger charge is -2.33. The lowest BCUT2D eigenvalue weighted by atomic mass is 10.2. The highest BCUT2D eigenvalue weighted by Crippen LogP contribution is 2.27. The van der Waals surface area contributed by atoms with Crippen LogP contribution in [0.2, 0.25) is 0 Å². The molecule has 110 valence electrons. The molecule has 1 unspecified atom stereocenters. The van der Waals surface area contributed by atoms with Crippen LogP contribution in [0.5, 0.6) is 0 Å². The quantitative estimate of drug-likeness (QED) is 0.913. The van der Waals surface area contributed by atoms with Gasteiger partial charge in [0.25, 0.3) is 0 Å². The standard InChI is InChI=1S/C13H17NO4S2/c1-10-4-2-3-5-12(10)20(17,18)14-6-7-19-9-11(14)8-13(15)16/h2-5,11H,6-9H2,1H3,(H,15,16). The summed E-state index contributed by atoms with van der Waals surface area (Å²) in [7, 11) is -3.63. The first-order valence-electron chi connectivity index (χ1n) is 6.30. The Hall–Kier alpha value is -1.05. The highest BCUT2D eigenvalue weighted by Gasteiger charge is 2.35. The van der Waals surface area contributed by atoms with E-state index in [0.29, 0.717) is 23.6 Å². The van der Waals surface area contributed by atoms with Crippen LogP contribution in [-0.4, -0.2) is 47.9 Å². The minimum absolute atomic E-state index is 0.155. The van der Waals surface area contributed by atoms with Crippen LogP contribution in [0.25, 0.3) is 0 Å². The third-order valence-electron chi connectivity index (χ3n) is 3.26. The maximum absolute atomic E-state index is 12.7. The second kappa shape index (κ2) is 6.15. The fourth-order valence-corrected chi connectivity index (χ4v) is 5.41. The fourth-order valence-electron chi connectivity index (χ4n) is 2.29. The fraction of sp³-hybridized carbons (Fsp3) is 0.462. The highest BCUT2D eigenvalue weighted by atomic mass is 32.2. The van der Waals surface area contributed by atoms with Crippen LogP contribution < -0.4 is 0 Å². The molecule has 1 atom stereocenters. The van der Waals surface area contributed by atoms with E-state index < -0.39 is 22.0 Å². The van der Waals surface area contributed by atoms with Gasteiger partial charge in [-0.25, -0.2) is 8.42 Å². The van der Waals surface area contributed by atoms with Gasteiger partial charge in [-0.3, -0.25) is 4.79 Å². The lowest BCUT2D eigenvalue weighted by molar-refractivity contribution is -0.137. The molecule has 1 aromatic rings. The van der Waals surface area contributed by atoms with Gasteiger partial charge in [0, 0.05) is 24.1 Å². The Morgan fingerprint density at radius 1 is 1.45 bits per heavy atom. The Morgan fingerprint density at radius 2 is 2.15 bits per heavy atom. The average molecular weight is 315 g/mol. The maximum Gasteiger partial charge on any atom is 0.305 e. The molecule has 20 heavy (non-hydrogen) atoms. The zero-order valence-corrected chi connectivity index (χ0v) is 12.8. The number of aryl methyl sites for hydroxylation is 1. The van der Waals surface area contributed by atoms with Crippen LogP contribution in [0, 0.1) is 6.92 Å². The van der Waals surface area contributed by atoms with Crippen molar-refractivity contribution in [2.24, 2.45) is 0 Å². The van der Waals surface area contributed by atoms with Crippen LogP contribution in [-0.2, 0) is 14.8 Å². The first kappa shape index (κ1) is 15.3. The van der Waals surface area contributed by atoms with Crippen LogP contribution in [0.3, 0.4) is 0 Å². The van der Waals surface area contributed by atoms with E-state index in [1.54, 1.807) is 43.0 Å².